The van der Waals surface area contributed by atoms with Gasteiger partial charge in [-0.1, -0.05) is 0 Å². The van der Waals surface area contributed by atoms with Crippen LogP contribution in [0.4, 0.5) is 48.3 Å². The molecule has 4 unspecified atom stereocenters. The highest BCUT2D eigenvalue weighted by Crippen LogP contribution is 2.41. The fourth-order valence-electron chi connectivity index (χ4n) is 4.36. The van der Waals surface area contributed by atoms with Gasteiger partial charge in [0.15, 0.2) is 25.9 Å². The highest BCUT2D eigenvalue weighted by atomic mass is 32.2. The van der Waals surface area contributed by atoms with E-state index in [-0.39, 0.29) is 23.0 Å². The molecule has 0 fully saturated rings. The van der Waals surface area contributed by atoms with Gasteiger partial charge in [0, 0.05) is 13.7 Å². The van der Waals surface area contributed by atoms with E-state index in [2.05, 4.69) is 9.47 Å². The molecule has 0 heterocycles. The lowest BCUT2D eigenvalue weighted by Gasteiger charge is -2.31. The first-order valence-corrected chi connectivity index (χ1v) is 18.1. The second-order valence-electron chi connectivity index (χ2n) is 11.8. The molecule has 0 aliphatic carbocycles. The van der Waals surface area contributed by atoms with Crippen LogP contribution in [0.15, 0.2) is 87.5 Å². The van der Waals surface area contributed by atoms with Gasteiger partial charge in [-0.3, -0.25) is 4.55 Å². The van der Waals surface area contributed by atoms with Crippen molar-refractivity contribution in [2.24, 2.45) is 0 Å². The lowest BCUT2D eigenvalue weighted by atomic mass is 10.1. The molecule has 1 N–H and O–H groups in total. The van der Waals surface area contributed by atoms with E-state index in [1.165, 1.54) is 55.5 Å². The number of rotatable bonds is 18. The minimum absolute atomic E-state index is 0.0173. The van der Waals surface area contributed by atoms with Gasteiger partial charge in [-0.25, -0.2) is 0 Å². The zero-order valence-electron chi connectivity index (χ0n) is 29.0. The Morgan fingerprint density at radius 1 is 0.636 bits per heavy atom. The van der Waals surface area contributed by atoms with Crippen molar-refractivity contribution in [3.63, 3.8) is 0 Å². The molecule has 3 aromatic carbocycles. The maximum Gasteiger partial charge on any atom is 0.432 e. The van der Waals surface area contributed by atoms with E-state index in [1.54, 1.807) is 0 Å². The maximum atomic E-state index is 14.1. The predicted molar refractivity (Wildman–Crippen MR) is 173 cm³/mol. The molecule has 22 heteroatoms. The summed E-state index contributed by atoms with van der Waals surface area (Å²) in [5.74, 6) is -0.941. The van der Waals surface area contributed by atoms with Crippen molar-refractivity contribution in [1.82, 2.24) is 0 Å². The van der Waals surface area contributed by atoms with Crippen molar-refractivity contribution in [1.29, 1.82) is 0 Å². The third-order valence-electron chi connectivity index (χ3n) is 7.56. The maximum absolute atomic E-state index is 14.1. The van der Waals surface area contributed by atoms with Crippen molar-refractivity contribution in [3.05, 3.63) is 72.8 Å². The van der Waals surface area contributed by atoms with E-state index in [1.807, 2.05) is 0 Å². The van der Waals surface area contributed by atoms with Crippen LogP contribution in [0, 0.1) is 0 Å². The molecule has 55 heavy (non-hydrogen) atoms. The molecule has 308 valence electrons. The molecular weight excluding hydrogens is 813 g/mol. The Morgan fingerprint density at radius 2 is 1.00 bits per heavy atom. The van der Waals surface area contributed by atoms with Crippen molar-refractivity contribution in [2.45, 2.75) is 76.5 Å². The molecule has 0 radical (unpaired) electrons. The Balaban J connectivity index is 2.00. The van der Waals surface area contributed by atoms with Crippen molar-refractivity contribution < 1.29 is 89.7 Å². The Labute approximate surface area is 310 Å². The van der Waals surface area contributed by atoms with E-state index in [9.17, 15) is 56.7 Å². The summed E-state index contributed by atoms with van der Waals surface area (Å²) in [7, 11) is -6.73. The number of hydrogen-bond donors (Lipinski definition) is 1. The monoisotopic (exact) mass is 847 g/mol. The normalized spacial score (nSPS) is 16.4. The second-order valence-corrected chi connectivity index (χ2v) is 15.3. The van der Waals surface area contributed by atoms with Crippen LogP contribution in [0.25, 0.3) is 0 Å². The minimum Gasteiger partial charge on any atom is -0.490 e. The smallest absolute Gasteiger partial charge is 0.432 e. The van der Waals surface area contributed by atoms with Crippen LogP contribution in [0.1, 0.15) is 20.8 Å². The molecule has 3 rings (SSSR count). The second kappa shape index (κ2) is 17.3. The molecule has 0 aliphatic rings. The van der Waals surface area contributed by atoms with Gasteiger partial charge in [-0.2, -0.15) is 56.7 Å². The van der Waals surface area contributed by atoms with Crippen molar-refractivity contribution >= 4 is 21.0 Å². The summed E-state index contributed by atoms with van der Waals surface area (Å²) >= 11 is 0. The van der Waals surface area contributed by atoms with Crippen LogP contribution < -0.4 is 14.2 Å². The summed E-state index contributed by atoms with van der Waals surface area (Å²) in [6.45, 7) is 0.0653. The fraction of sp³-hybridized carbons (Fsp3) is 0.455. The van der Waals surface area contributed by atoms with Gasteiger partial charge in [-0.05, 0) is 93.6 Å². The molecule has 0 bridgehead atoms. The number of ether oxygens (including phenoxy) is 6. The van der Waals surface area contributed by atoms with Crippen molar-refractivity contribution in [3.8, 4) is 17.2 Å². The molecule has 9 nitrogen and oxygen atoms in total. The van der Waals surface area contributed by atoms with Gasteiger partial charge < -0.3 is 28.4 Å². The molecule has 0 saturated heterocycles. The Kier molecular flexibility index (Phi) is 14.4. The van der Waals surface area contributed by atoms with Crippen LogP contribution in [0.5, 0.6) is 17.2 Å². The molecule has 0 amide bonds. The summed E-state index contributed by atoms with van der Waals surface area (Å²) in [6.07, 6.45) is -19.9. The van der Waals surface area contributed by atoms with E-state index in [0.29, 0.717) is 9.79 Å². The Bertz CT molecular complexity index is 1790. The number of hydrogen-bond acceptors (Lipinski definition) is 8. The quantitative estimate of drug-likeness (QED) is 0.0583. The average molecular weight is 848 g/mol. The standard InChI is InChI=1S/C33H33F11O9S2/c1-5-51-28(2,32(39,40)41)18-49-21-6-12-24(13-7-21)54(25-14-8-22(9-15-25)50-19-29(3,33(42,43)44)52-20-48-4)26-16-10-23(11-17-26)53-27(30(34,35)36)31(37,38)55(45,46)47/h6-17,27H,5,18-20H2,1-4H3/p+1. The molecule has 4 atom stereocenters. The topological polar surface area (TPSA) is 110 Å². The molecule has 0 aromatic heterocycles. The number of benzene rings is 3. The minimum atomic E-state index is -6.58. The van der Waals surface area contributed by atoms with Gasteiger partial charge in [0.05, 0.1) is 10.9 Å². The predicted octanol–water partition coefficient (Wildman–Crippen LogP) is 8.63. The summed E-state index contributed by atoms with van der Waals surface area (Å²) < 4.78 is 211. The highest BCUT2D eigenvalue weighted by Gasteiger charge is 2.65. The lowest BCUT2D eigenvalue weighted by Crippen LogP contribution is -2.53. The first kappa shape index (κ1) is 45.8. The fourth-order valence-corrected chi connectivity index (χ4v) is 6.86. The SMILES string of the molecule is CCOC(C)(COc1ccc([S+](c2ccc(OCC(C)(OCOC)C(F)(F)F)cc2)c2ccc(OC(C(F)(F)F)C(F)(F)S(=O)(=O)O)cc2)cc1)C(F)(F)F. The number of methoxy groups -OCH3 is 1. The van der Waals surface area contributed by atoms with E-state index in [0.717, 1.165) is 45.2 Å². The van der Waals surface area contributed by atoms with Gasteiger partial charge >= 0.3 is 33.9 Å². The van der Waals surface area contributed by atoms with Gasteiger partial charge in [0.1, 0.15) is 37.3 Å². The first-order chi connectivity index (χ1) is 25.2. The van der Waals surface area contributed by atoms with Crippen LogP contribution in [-0.4, -0.2) is 87.8 Å². The van der Waals surface area contributed by atoms with E-state index in [4.69, 9.17) is 23.5 Å². The summed E-state index contributed by atoms with van der Waals surface area (Å²) in [6, 6.07) is 14.9. The van der Waals surface area contributed by atoms with Crippen LogP contribution in [0.3, 0.4) is 0 Å². The highest BCUT2D eigenvalue weighted by molar-refractivity contribution is 7.97. The van der Waals surface area contributed by atoms with Gasteiger partial charge in [0.25, 0.3) is 6.10 Å². The summed E-state index contributed by atoms with van der Waals surface area (Å²) in [4.78, 5) is 1.07. The molecule has 0 spiro atoms. The molecule has 3 aromatic rings. The van der Waals surface area contributed by atoms with E-state index >= 15 is 0 Å². The largest absolute Gasteiger partial charge is 0.490 e. The molecular formula is C33H34F11O9S2+. The molecule has 0 aliphatic heterocycles. The Hall–Kier alpha value is -3.57. The van der Waals surface area contributed by atoms with Gasteiger partial charge in [-0.15, -0.1) is 0 Å². The van der Waals surface area contributed by atoms with Gasteiger partial charge in [0.2, 0.25) is 0 Å². The number of halogens is 11. The summed E-state index contributed by atoms with van der Waals surface area (Å²) in [5.41, 5.74) is -5.42. The Morgan fingerprint density at radius 3 is 1.31 bits per heavy atom. The lowest BCUT2D eigenvalue weighted by molar-refractivity contribution is -0.296. The third-order valence-corrected chi connectivity index (χ3v) is 10.7. The van der Waals surface area contributed by atoms with Crippen LogP contribution in [-0.2, 0) is 35.2 Å². The summed E-state index contributed by atoms with van der Waals surface area (Å²) in [5, 5.41) is -5.80. The van der Waals surface area contributed by atoms with Crippen LogP contribution in [0.2, 0.25) is 0 Å². The molecule has 0 saturated carbocycles. The van der Waals surface area contributed by atoms with Crippen LogP contribution >= 0.6 is 0 Å². The average Bonchev–Trinajstić information content (AvgIpc) is 3.08. The third kappa shape index (κ3) is 11.3. The van der Waals surface area contributed by atoms with E-state index < -0.39 is 87.9 Å². The first-order valence-electron chi connectivity index (χ1n) is 15.5. The zero-order valence-corrected chi connectivity index (χ0v) is 30.7. The number of alkyl halides is 11. The zero-order chi connectivity index (χ0) is 41.7. The van der Waals surface area contributed by atoms with Crippen molar-refractivity contribution in [2.75, 3.05) is 33.7 Å².